The molecule has 110 valence electrons. The SMILES string of the molecule is COC[C@@H]1CN(C(=O)c2ccc(C)nc2)Cc2cncn21. The summed E-state index contributed by atoms with van der Waals surface area (Å²) in [4.78, 5) is 22.8. The maximum atomic E-state index is 12.6. The summed E-state index contributed by atoms with van der Waals surface area (Å²) in [6, 6.07) is 3.78. The summed E-state index contributed by atoms with van der Waals surface area (Å²) < 4.78 is 7.34. The Hall–Kier alpha value is -2.21. The minimum atomic E-state index is -0.00365. The van der Waals surface area contributed by atoms with Gasteiger partial charge in [0, 0.05) is 31.7 Å². The number of aryl methyl sites for hydroxylation is 1. The van der Waals surface area contributed by atoms with Crippen molar-refractivity contribution < 1.29 is 9.53 Å². The Morgan fingerprint density at radius 1 is 1.43 bits per heavy atom. The molecule has 0 saturated heterocycles. The van der Waals surface area contributed by atoms with E-state index in [1.54, 1.807) is 25.8 Å². The van der Waals surface area contributed by atoms with Crippen molar-refractivity contribution in [2.45, 2.75) is 19.5 Å². The number of carbonyl (C=O) groups is 1. The van der Waals surface area contributed by atoms with Crippen LogP contribution in [0.15, 0.2) is 30.9 Å². The molecule has 0 radical (unpaired) electrons. The number of amides is 1. The molecule has 1 aliphatic heterocycles. The highest BCUT2D eigenvalue weighted by atomic mass is 16.5. The van der Waals surface area contributed by atoms with Crippen molar-refractivity contribution in [2.24, 2.45) is 0 Å². The van der Waals surface area contributed by atoms with E-state index in [0.717, 1.165) is 11.4 Å². The van der Waals surface area contributed by atoms with E-state index in [-0.39, 0.29) is 11.9 Å². The third-order valence-electron chi connectivity index (χ3n) is 3.73. The zero-order valence-corrected chi connectivity index (χ0v) is 12.2. The summed E-state index contributed by atoms with van der Waals surface area (Å²) in [6.07, 6.45) is 5.23. The molecule has 1 atom stereocenters. The van der Waals surface area contributed by atoms with E-state index in [1.165, 1.54) is 0 Å². The Kier molecular flexibility index (Phi) is 3.70. The smallest absolute Gasteiger partial charge is 0.255 e. The number of methoxy groups -OCH3 is 1. The number of fused-ring (bicyclic) bond motifs is 1. The van der Waals surface area contributed by atoms with Crippen LogP contribution in [0.25, 0.3) is 0 Å². The molecule has 6 nitrogen and oxygen atoms in total. The molecule has 0 fully saturated rings. The molecule has 0 aromatic carbocycles. The lowest BCUT2D eigenvalue weighted by Gasteiger charge is -2.34. The van der Waals surface area contributed by atoms with Crippen LogP contribution in [0.1, 0.15) is 27.8 Å². The average Bonchev–Trinajstić information content (AvgIpc) is 2.96. The molecule has 21 heavy (non-hydrogen) atoms. The third-order valence-corrected chi connectivity index (χ3v) is 3.73. The number of pyridine rings is 1. The molecule has 6 heteroatoms. The summed E-state index contributed by atoms with van der Waals surface area (Å²) in [5.74, 6) is -0.00365. The van der Waals surface area contributed by atoms with Gasteiger partial charge in [-0.1, -0.05) is 0 Å². The highest BCUT2D eigenvalue weighted by Crippen LogP contribution is 2.22. The van der Waals surface area contributed by atoms with E-state index >= 15 is 0 Å². The number of nitrogens with zero attached hydrogens (tertiary/aromatic N) is 4. The lowest BCUT2D eigenvalue weighted by atomic mass is 10.1. The number of ether oxygens (including phenoxy) is 1. The molecule has 0 bridgehead atoms. The van der Waals surface area contributed by atoms with Gasteiger partial charge in [0.1, 0.15) is 0 Å². The molecular weight excluding hydrogens is 268 g/mol. The second-order valence-corrected chi connectivity index (χ2v) is 5.28. The van der Waals surface area contributed by atoms with Crippen LogP contribution in [0.5, 0.6) is 0 Å². The lowest BCUT2D eigenvalue weighted by molar-refractivity contribution is 0.0599. The Morgan fingerprint density at radius 3 is 3.00 bits per heavy atom. The number of hydrogen-bond donors (Lipinski definition) is 0. The van der Waals surface area contributed by atoms with Gasteiger partial charge in [-0.05, 0) is 19.1 Å². The molecule has 0 unspecified atom stereocenters. The molecule has 2 aromatic heterocycles. The quantitative estimate of drug-likeness (QED) is 0.856. The maximum absolute atomic E-state index is 12.6. The van der Waals surface area contributed by atoms with Crippen molar-refractivity contribution in [3.8, 4) is 0 Å². The molecular formula is C15H18N4O2. The van der Waals surface area contributed by atoms with Crippen LogP contribution in [0.4, 0.5) is 0 Å². The molecule has 0 saturated carbocycles. The largest absolute Gasteiger partial charge is 0.382 e. The van der Waals surface area contributed by atoms with Crippen LogP contribution in [0.3, 0.4) is 0 Å². The number of hydrogen-bond acceptors (Lipinski definition) is 4. The van der Waals surface area contributed by atoms with Crippen molar-refractivity contribution in [3.63, 3.8) is 0 Å². The standard InChI is InChI=1S/C15H18N4O2/c1-11-3-4-12(5-17-11)15(20)18-7-13-6-16-10-19(13)14(8-18)9-21-2/h3-6,10,14H,7-9H2,1-2H3/t14-/m0/s1. The Bertz CT molecular complexity index is 635. The minimum absolute atomic E-state index is 0.00365. The summed E-state index contributed by atoms with van der Waals surface area (Å²) in [5.41, 5.74) is 2.54. The van der Waals surface area contributed by atoms with E-state index in [9.17, 15) is 4.79 Å². The molecule has 0 N–H and O–H groups in total. The molecule has 3 rings (SSSR count). The van der Waals surface area contributed by atoms with Gasteiger partial charge in [-0.15, -0.1) is 0 Å². The van der Waals surface area contributed by atoms with Gasteiger partial charge in [0.2, 0.25) is 0 Å². The number of rotatable bonds is 3. The first-order valence-electron chi connectivity index (χ1n) is 6.90. The first-order valence-corrected chi connectivity index (χ1v) is 6.90. The minimum Gasteiger partial charge on any atom is -0.382 e. The van der Waals surface area contributed by atoms with Crippen LogP contribution in [-0.2, 0) is 11.3 Å². The Balaban J connectivity index is 1.83. The van der Waals surface area contributed by atoms with Gasteiger partial charge >= 0.3 is 0 Å². The summed E-state index contributed by atoms with van der Waals surface area (Å²) in [5, 5.41) is 0. The van der Waals surface area contributed by atoms with Crippen molar-refractivity contribution in [1.29, 1.82) is 0 Å². The molecule has 3 heterocycles. The number of aromatic nitrogens is 3. The van der Waals surface area contributed by atoms with Gasteiger partial charge in [0.15, 0.2) is 0 Å². The monoisotopic (exact) mass is 286 g/mol. The topological polar surface area (TPSA) is 60.2 Å². The highest BCUT2D eigenvalue weighted by molar-refractivity contribution is 5.94. The zero-order valence-electron chi connectivity index (χ0n) is 12.2. The van der Waals surface area contributed by atoms with Gasteiger partial charge in [-0.2, -0.15) is 0 Å². The lowest BCUT2D eigenvalue weighted by Crippen LogP contribution is -2.42. The normalized spacial score (nSPS) is 17.6. The molecule has 0 spiro atoms. The molecule has 2 aromatic rings. The number of imidazole rings is 1. The van der Waals surface area contributed by atoms with Crippen LogP contribution in [0, 0.1) is 6.92 Å². The van der Waals surface area contributed by atoms with E-state index < -0.39 is 0 Å². The van der Waals surface area contributed by atoms with E-state index in [2.05, 4.69) is 14.5 Å². The van der Waals surface area contributed by atoms with Crippen LogP contribution < -0.4 is 0 Å². The first kappa shape index (κ1) is 13.8. The molecule has 1 amide bonds. The fraction of sp³-hybridized carbons (Fsp3) is 0.400. The van der Waals surface area contributed by atoms with Gasteiger partial charge in [0.25, 0.3) is 5.91 Å². The van der Waals surface area contributed by atoms with Crippen LogP contribution >= 0.6 is 0 Å². The first-order chi connectivity index (χ1) is 10.2. The van der Waals surface area contributed by atoms with Crippen molar-refractivity contribution in [3.05, 3.63) is 47.8 Å². The maximum Gasteiger partial charge on any atom is 0.255 e. The second-order valence-electron chi connectivity index (χ2n) is 5.28. The second kappa shape index (κ2) is 5.65. The van der Waals surface area contributed by atoms with Gasteiger partial charge in [0.05, 0.1) is 36.8 Å². The van der Waals surface area contributed by atoms with Crippen LogP contribution in [0.2, 0.25) is 0 Å². The molecule has 1 aliphatic rings. The fourth-order valence-electron chi connectivity index (χ4n) is 2.64. The number of carbonyl (C=O) groups excluding carboxylic acids is 1. The summed E-state index contributed by atoms with van der Waals surface area (Å²) in [7, 11) is 1.67. The Labute approximate surface area is 123 Å². The van der Waals surface area contributed by atoms with Crippen LogP contribution in [-0.4, -0.2) is 45.6 Å². The summed E-state index contributed by atoms with van der Waals surface area (Å²) >= 11 is 0. The van der Waals surface area contributed by atoms with Gasteiger partial charge in [-0.3, -0.25) is 9.78 Å². The van der Waals surface area contributed by atoms with Gasteiger partial charge < -0.3 is 14.2 Å². The van der Waals surface area contributed by atoms with E-state index in [1.807, 2.05) is 24.0 Å². The van der Waals surface area contributed by atoms with E-state index in [4.69, 9.17) is 4.74 Å². The highest BCUT2D eigenvalue weighted by Gasteiger charge is 2.28. The zero-order chi connectivity index (χ0) is 14.8. The summed E-state index contributed by atoms with van der Waals surface area (Å²) in [6.45, 7) is 3.64. The fourth-order valence-corrected chi connectivity index (χ4v) is 2.64. The van der Waals surface area contributed by atoms with E-state index in [0.29, 0.717) is 25.3 Å². The van der Waals surface area contributed by atoms with Crippen molar-refractivity contribution >= 4 is 5.91 Å². The van der Waals surface area contributed by atoms with Crippen molar-refractivity contribution in [1.82, 2.24) is 19.4 Å². The Morgan fingerprint density at radius 2 is 2.29 bits per heavy atom. The average molecular weight is 286 g/mol. The predicted octanol–water partition coefficient (Wildman–Crippen LogP) is 1.43. The third kappa shape index (κ3) is 2.67. The molecule has 0 aliphatic carbocycles. The predicted molar refractivity (Wildman–Crippen MR) is 76.9 cm³/mol. The van der Waals surface area contributed by atoms with Gasteiger partial charge in [-0.25, -0.2) is 4.98 Å². The van der Waals surface area contributed by atoms with Crippen molar-refractivity contribution in [2.75, 3.05) is 20.3 Å².